The Labute approximate surface area is 109 Å². The standard InChI is InChI=1S/C16H33N/c1-3-5-7-9-12-15(11-8-6-4-2)16-13-10-14-17-16/h15-17H,3-14H2,1-2H3. The number of unbranched alkanes of at least 4 members (excludes halogenated alkanes) is 5. The highest BCUT2D eigenvalue weighted by molar-refractivity contribution is 4.81. The quantitative estimate of drug-likeness (QED) is 0.534. The van der Waals surface area contributed by atoms with E-state index in [0.717, 1.165) is 12.0 Å². The minimum atomic E-state index is 0.855. The molecule has 102 valence electrons. The third-order valence-corrected chi connectivity index (χ3v) is 4.27. The molecule has 0 saturated carbocycles. The fraction of sp³-hybridized carbons (Fsp3) is 1.00. The molecule has 0 spiro atoms. The lowest BCUT2D eigenvalue weighted by molar-refractivity contribution is 0.322. The lowest BCUT2D eigenvalue weighted by Crippen LogP contribution is -2.30. The van der Waals surface area contributed by atoms with Gasteiger partial charge in [-0.2, -0.15) is 0 Å². The van der Waals surface area contributed by atoms with Gasteiger partial charge >= 0.3 is 0 Å². The maximum atomic E-state index is 3.72. The van der Waals surface area contributed by atoms with Gasteiger partial charge in [-0.15, -0.1) is 0 Å². The van der Waals surface area contributed by atoms with Gasteiger partial charge in [-0.25, -0.2) is 0 Å². The van der Waals surface area contributed by atoms with E-state index >= 15 is 0 Å². The Morgan fingerprint density at radius 2 is 1.59 bits per heavy atom. The van der Waals surface area contributed by atoms with E-state index in [4.69, 9.17) is 0 Å². The van der Waals surface area contributed by atoms with Crippen LogP contribution in [0.3, 0.4) is 0 Å². The summed E-state index contributed by atoms with van der Waals surface area (Å²) in [4.78, 5) is 0. The Bertz CT molecular complexity index is 161. The van der Waals surface area contributed by atoms with Crippen LogP contribution in [-0.2, 0) is 0 Å². The summed E-state index contributed by atoms with van der Waals surface area (Å²) < 4.78 is 0. The van der Waals surface area contributed by atoms with Crippen molar-refractivity contribution in [2.45, 2.75) is 90.5 Å². The number of hydrogen-bond acceptors (Lipinski definition) is 1. The van der Waals surface area contributed by atoms with Crippen LogP contribution in [0.25, 0.3) is 0 Å². The molecule has 2 unspecified atom stereocenters. The van der Waals surface area contributed by atoms with Gasteiger partial charge in [0.05, 0.1) is 0 Å². The van der Waals surface area contributed by atoms with Gasteiger partial charge in [-0.3, -0.25) is 0 Å². The second kappa shape index (κ2) is 9.94. The zero-order valence-electron chi connectivity index (χ0n) is 12.1. The maximum absolute atomic E-state index is 3.72. The lowest BCUT2D eigenvalue weighted by Gasteiger charge is -2.24. The van der Waals surface area contributed by atoms with E-state index in [1.165, 1.54) is 77.2 Å². The first kappa shape index (κ1) is 15.0. The Kier molecular flexibility index (Phi) is 8.78. The molecule has 0 amide bonds. The van der Waals surface area contributed by atoms with Crippen molar-refractivity contribution in [3.63, 3.8) is 0 Å². The molecule has 0 aromatic carbocycles. The summed E-state index contributed by atoms with van der Waals surface area (Å²) in [6.07, 6.45) is 15.7. The van der Waals surface area contributed by atoms with Gasteiger partial charge in [-0.1, -0.05) is 58.8 Å². The first-order valence-corrected chi connectivity index (χ1v) is 8.11. The average Bonchev–Trinajstić information content (AvgIpc) is 2.86. The van der Waals surface area contributed by atoms with Crippen LogP contribution in [0.15, 0.2) is 0 Å². The summed E-state index contributed by atoms with van der Waals surface area (Å²) in [6.45, 7) is 5.88. The van der Waals surface area contributed by atoms with Gasteiger partial charge in [0.1, 0.15) is 0 Å². The lowest BCUT2D eigenvalue weighted by atomic mass is 9.87. The van der Waals surface area contributed by atoms with Crippen LogP contribution < -0.4 is 5.32 Å². The Morgan fingerprint density at radius 1 is 0.941 bits per heavy atom. The first-order valence-electron chi connectivity index (χ1n) is 8.11. The van der Waals surface area contributed by atoms with Crippen LogP contribution in [0.1, 0.15) is 84.5 Å². The average molecular weight is 239 g/mol. The van der Waals surface area contributed by atoms with E-state index in [1.54, 1.807) is 0 Å². The summed E-state index contributed by atoms with van der Waals surface area (Å²) in [5.41, 5.74) is 0. The fourth-order valence-electron chi connectivity index (χ4n) is 3.15. The Morgan fingerprint density at radius 3 is 2.18 bits per heavy atom. The maximum Gasteiger partial charge on any atom is 0.00957 e. The van der Waals surface area contributed by atoms with Crippen LogP contribution in [0.4, 0.5) is 0 Å². The number of hydrogen-bond donors (Lipinski definition) is 1. The summed E-state index contributed by atoms with van der Waals surface area (Å²) >= 11 is 0. The molecule has 1 heterocycles. The van der Waals surface area contributed by atoms with Crippen LogP contribution >= 0.6 is 0 Å². The molecule has 0 aromatic heterocycles. The Balaban J connectivity index is 2.20. The highest BCUT2D eigenvalue weighted by Gasteiger charge is 2.23. The van der Waals surface area contributed by atoms with Crippen molar-refractivity contribution >= 4 is 0 Å². The molecule has 1 aliphatic heterocycles. The molecular formula is C16H33N. The van der Waals surface area contributed by atoms with Gasteiger partial charge in [0.15, 0.2) is 0 Å². The number of rotatable bonds is 10. The zero-order chi connectivity index (χ0) is 12.3. The van der Waals surface area contributed by atoms with E-state index in [0.29, 0.717) is 0 Å². The highest BCUT2D eigenvalue weighted by atomic mass is 14.9. The van der Waals surface area contributed by atoms with Crippen molar-refractivity contribution in [1.82, 2.24) is 5.32 Å². The Hall–Kier alpha value is -0.0400. The normalized spacial score (nSPS) is 21.9. The van der Waals surface area contributed by atoms with Crippen LogP contribution in [-0.4, -0.2) is 12.6 Å². The van der Waals surface area contributed by atoms with Crippen molar-refractivity contribution < 1.29 is 0 Å². The topological polar surface area (TPSA) is 12.0 Å². The molecule has 1 N–H and O–H groups in total. The monoisotopic (exact) mass is 239 g/mol. The molecule has 0 radical (unpaired) electrons. The molecule has 1 heteroatoms. The van der Waals surface area contributed by atoms with Gasteiger partial charge in [0.25, 0.3) is 0 Å². The molecule has 1 aliphatic rings. The predicted molar refractivity (Wildman–Crippen MR) is 77.4 cm³/mol. The molecule has 0 aromatic rings. The molecule has 1 fully saturated rings. The molecule has 17 heavy (non-hydrogen) atoms. The second-order valence-electron chi connectivity index (χ2n) is 5.81. The zero-order valence-corrected chi connectivity index (χ0v) is 12.1. The summed E-state index contributed by atoms with van der Waals surface area (Å²) in [6, 6.07) is 0.855. The smallest absolute Gasteiger partial charge is 0.00957 e. The first-order chi connectivity index (χ1) is 8.38. The van der Waals surface area contributed by atoms with E-state index in [1.807, 2.05) is 0 Å². The second-order valence-corrected chi connectivity index (χ2v) is 5.81. The van der Waals surface area contributed by atoms with E-state index in [9.17, 15) is 0 Å². The molecule has 1 saturated heterocycles. The van der Waals surface area contributed by atoms with Crippen molar-refractivity contribution in [1.29, 1.82) is 0 Å². The minimum Gasteiger partial charge on any atom is -0.314 e. The third-order valence-electron chi connectivity index (χ3n) is 4.27. The SMILES string of the molecule is CCCCCCC(CCCCC)C1CCCN1. The van der Waals surface area contributed by atoms with Gasteiger partial charge in [0.2, 0.25) is 0 Å². The van der Waals surface area contributed by atoms with Crippen LogP contribution in [0.5, 0.6) is 0 Å². The minimum absolute atomic E-state index is 0.855. The molecular weight excluding hydrogens is 206 g/mol. The van der Waals surface area contributed by atoms with Gasteiger partial charge in [-0.05, 0) is 38.1 Å². The molecule has 0 aliphatic carbocycles. The molecule has 2 atom stereocenters. The van der Waals surface area contributed by atoms with Crippen molar-refractivity contribution in [3.8, 4) is 0 Å². The van der Waals surface area contributed by atoms with Crippen molar-refractivity contribution in [2.75, 3.05) is 6.54 Å². The summed E-state index contributed by atoms with van der Waals surface area (Å²) in [7, 11) is 0. The van der Waals surface area contributed by atoms with E-state index in [2.05, 4.69) is 19.2 Å². The third kappa shape index (κ3) is 6.45. The largest absolute Gasteiger partial charge is 0.314 e. The summed E-state index contributed by atoms with van der Waals surface area (Å²) in [5.74, 6) is 0.973. The summed E-state index contributed by atoms with van der Waals surface area (Å²) in [5, 5.41) is 3.72. The number of nitrogens with one attached hydrogen (secondary N) is 1. The van der Waals surface area contributed by atoms with Crippen molar-refractivity contribution in [3.05, 3.63) is 0 Å². The van der Waals surface area contributed by atoms with Crippen LogP contribution in [0.2, 0.25) is 0 Å². The predicted octanol–water partition coefficient (Wildman–Crippen LogP) is 4.91. The molecule has 0 bridgehead atoms. The van der Waals surface area contributed by atoms with Gasteiger partial charge < -0.3 is 5.32 Å². The van der Waals surface area contributed by atoms with Gasteiger partial charge in [0, 0.05) is 6.04 Å². The molecule has 1 rings (SSSR count). The van der Waals surface area contributed by atoms with E-state index in [-0.39, 0.29) is 0 Å². The van der Waals surface area contributed by atoms with E-state index < -0.39 is 0 Å². The van der Waals surface area contributed by atoms with Crippen LogP contribution in [0, 0.1) is 5.92 Å². The fourth-order valence-corrected chi connectivity index (χ4v) is 3.15. The molecule has 1 nitrogen and oxygen atoms in total. The highest BCUT2D eigenvalue weighted by Crippen LogP contribution is 2.26. The van der Waals surface area contributed by atoms with Crippen molar-refractivity contribution in [2.24, 2.45) is 5.92 Å².